The summed E-state index contributed by atoms with van der Waals surface area (Å²) in [6.07, 6.45) is 4.31. The number of rotatable bonds is 2. The van der Waals surface area contributed by atoms with Crippen molar-refractivity contribution in [1.82, 2.24) is 4.98 Å². The fraction of sp³-hybridized carbons (Fsp3) is 0.214. The van der Waals surface area contributed by atoms with Gasteiger partial charge < -0.3 is 10.1 Å². The second kappa shape index (κ2) is 4.86. The zero-order valence-corrected chi connectivity index (χ0v) is 10.5. The van der Waals surface area contributed by atoms with Crippen LogP contribution in [0.25, 0.3) is 0 Å². The second-order valence-corrected chi connectivity index (χ2v) is 4.63. The van der Waals surface area contributed by atoms with Gasteiger partial charge in [0.05, 0.1) is 23.4 Å². The summed E-state index contributed by atoms with van der Waals surface area (Å²) in [4.78, 5) is 3.99. The Balaban J connectivity index is 1.89. The Kier molecular flexibility index (Phi) is 3.07. The highest BCUT2D eigenvalue weighted by Gasteiger charge is 2.21. The fourth-order valence-corrected chi connectivity index (χ4v) is 2.35. The number of pyridine rings is 1. The van der Waals surface area contributed by atoms with Crippen molar-refractivity contribution in [2.75, 3.05) is 11.9 Å². The molecule has 1 aliphatic rings. The summed E-state index contributed by atoms with van der Waals surface area (Å²) in [6, 6.07) is 10.2. The minimum atomic E-state index is 0.231. The highest BCUT2D eigenvalue weighted by molar-refractivity contribution is 6.33. The van der Waals surface area contributed by atoms with E-state index in [9.17, 15) is 0 Å². The maximum atomic E-state index is 6.11. The molecular weight excluding hydrogens is 248 g/mol. The summed E-state index contributed by atoms with van der Waals surface area (Å²) in [5, 5.41) is 4.09. The van der Waals surface area contributed by atoms with Gasteiger partial charge in [-0.15, -0.1) is 0 Å². The largest absolute Gasteiger partial charge is 0.493 e. The molecule has 0 fully saturated rings. The van der Waals surface area contributed by atoms with E-state index >= 15 is 0 Å². The van der Waals surface area contributed by atoms with E-state index in [-0.39, 0.29) is 6.04 Å². The van der Waals surface area contributed by atoms with Crippen molar-refractivity contribution in [2.45, 2.75) is 12.5 Å². The summed E-state index contributed by atoms with van der Waals surface area (Å²) in [5.41, 5.74) is 2.09. The van der Waals surface area contributed by atoms with E-state index in [1.165, 1.54) is 5.56 Å². The topological polar surface area (TPSA) is 34.2 Å². The van der Waals surface area contributed by atoms with Crippen LogP contribution in [-0.2, 0) is 0 Å². The van der Waals surface area contributed by atoms with Crippen LogP contribution in [0.3, 0.4) is 0 Å². The molecule has 4 heteroatoms. The smallest absolute Gasteiger partial charge is 0.124 e. The summed E-state index contributed by atoms with van der Waals surface area (Å²) in [5.74, 6) is 0.950. The number of ether oxygens (including phenoxy) is 1. The lowest BCUT2D eigenvalue weighted by atomic mass is 10.0. The minimum Gasteiger partial charge on any atom is -0.493 e. The van der Waals surface area contributed by atoms with Gasteiger partial charge in [-0.2, -0.15) is 0 Å². The lowest BCUT2D eigenvalue weighted by Gasteiger charge is -2.27. The molecule has 92 valence electrons. The molecule has 1 aromatic carbocycles. The minimum absolute atomic E-state index is 0.231. The molecule has 0 aliphatic carbocycles. The monoisotopic (exact) mass is 260 g/mol. The van der Waals surface area contributed by atoms with Crippen LogP contribution in [-0.4, -0.2) is 11.6 Å². The van der Waals surface area contributed by atoms with Crippen molar-refractivity contribution in [3.05, 3.63) is 53.3 Å². The maximum Gasteiger partial charge on any atom is 0.124 e. The number of nitrogens with one attached hydrogen (secondary N) is 1. The fourth-order valence-electron chi connectivity index (χ4n) is 2.17. The Morgan fingerprint density at radius 3 is 3.06 bits per heavy atom. The van der Waals surface area contributed by atoms with Gasteiger partial charge >= 0.3 is 0 Å². The SMILES string of the molecule is Clc1cnccc1NC1CCOc2ccccc21. The summed E-state index contributed by atoms with van der Waals surface area (Å²) >= 11 is 6.11. The van der Waals surface area contributed by atoms with Gasteiger partial charge in [-0.05, 0) is 12.1 Å². The normalized spacial score (nSPS) is 17.7. The Labute approximate surface area is 111 Å². The standard InChI is InChI=1S/C14H13ClN2O/c15-11-9-16-7-5-13(11)17-12-6-8-18-14-4-2-1-3-10(12)14/h1-5,7,9,12H,6,8H2,(H,16,17). The van der Waals surface area contributed by atoms with Gasteiger partial charge in [-0.25, -0.2) is 0 Å². The molecule has 1 aliphatic heterocycles. The third-order valence-electron chi connectivity index (χ3n) is 3.06. The molecule has 18 heavy (non-hydrogen) atoms. The molecule has 0 saturated carbocycles. The highest BCUT2D eigenvalue weighted by Crippen LogP contribution is 2.35. The van der Waals surface area contributed by atoms with Gasteiger partial charge in [0.15, 0.2) is 0 Å². The second-order valence-electron chi connectivity index (χ2n) is 4.23. The van der Waals surface area contributed by atoms with Crippen molar-refractivity contribution in [1.29, 1.82) is 0 Å². The van der Waals surface area contributed by atoms with Crippen molar-refractivity contribution >= 4 is 17.3 Å². The number of para-hydroxylation sites is 1. The Morgan fingerprint density at radius 2 is 2.17 bits per heavy atom. The molecule has 3 nitrogen and oxygen atoms in total. The molecule has 0 amide bonds. The number of aromatic nitrogens is 1. The number of benzene rings is 1. The predicted octanol–water partition coefficient (Wildman–Crippen LogP) is 3.67. The van der Waals surface area contributed by atoms with Crippen LogP contribution >= 0.6 is 11.6 Å². The van der Waals surface area contributed by atoms with Crippen molar-refractivity contribution in [3.8, 4) is 5.75 Å². The van der Waals surface area contributed by atoms with E-state index in [4.69, 9.17) is 16.3 Å². The number of nitrogens with zero attached hydrogens (tertiary/aromatic N) is 1. The third-order valence-corrected chi connectivity index (χ3v) is 3.36. The van der Waals surface area contributed by atoms with Crippen molar-refractivity contribution in [3.63, 3.8) is 0 Å². The Hall–Kier alpha value is -1.74. The number of hydrogen-bond donors (Lipinski definition) is 1. The van der Waals surface area contributed by atoms with Gasteiger partial charge in [0.2, 0.25) is 0 Å². The van der Waals surface area contributed by atoms with Gasteiger partial charge in [-0.3, -0.25) is 4.98 Å². The third kappa shape index (κ3) is 2.14. The van der Waals surface area contributed by atoms with Crippen molar-refractivity contribution in [2.24, 2.45) is 0 Å². The zero-order valence-electron chi connectivity index (χ0n) is 9.77. The Morgan fingerprint density at radius 1 is 1.28 bits per heavy atom. The first-order valence-corrected chi connectivity index (χ1v) is 6.30. The molecule has 1 N–H and O–H groups in total. The molecule has 1 atom stereocenters. The van der Waals surface area contributed by atoms with Gasteiger partial charge in [0, 0.05) is 24.4 Å². The quantitative estimate of drug-likeness (QED) is 0.895. The van der Waals surface area contributed by atoms with Gasteiger partial charge in [-0.1, -0.05) is 29.8 Å². The van der Waals surface area contributed by atoms with Crippen LogP contribution in [0.1, 0.15) is 18.0 Å². The molecule has 1 unspecified atom stereocenters. The van der Waals surface area contributed by atoms with E-state index in [1.54, 1.807) is 12.4 Å². The van der Waals surface area contributed by atoms with Crippen LogP contribution < -0.4 is 10.1 Å². The molecule has 0 saturated heterocycles. The summed E-state index contributed by atoms with van der Waals surface area (Å²) in [7, 11) is 0. The molecule has 1 aromatic heterocycles. The number of anilines is 1. The van der Waals surface area contributed by atoms with Crippen LogP contribution in [0, 0.1) is 0 Å². The molecule has 2 aromatic rings. The van der Waals surface area contributed by atoms with Crippen LogP contribution in [0.5, 0.6) is 5.75 Å². The molecule has 2 heterocycles. The molecule has 3 rings (SSSR count). The van der Waals surface area contributed by atoms with Gasteiger partial charge in [0.1, 0.15) is 5.75 Å². The molecule has 0 radical (unpaired) electrons. The number of fused-ring (bicyclic) bond motifs is 1. The predicted molar refractivity (Wildman–Crippen MR) is 72.2 cm³/mol. The van der Waals surface area contributed by atoms with Crippen LogP contribution in [0.4, 0.5) is 5.69 Å². The molecule has 0 spiro atoms. The van der Waals surface area contributed by atoms with E-state index in [1.807, 2.05) is 24.3 Å². The van der Waals surface area contributed by atoms with Crippen LogP contribution in [0.2, 0.25) is 5.02 Å². The van der Waals surface area contributed by atoms with Crippen molar-refractivity contribution < 1.29 is 4.74 Å². The first-order chi connectivity index (χ1) is 8.84. The zero-order chi connectivity index (χ0) is 12.4. The molecule has 0 bridgehead atoms. The lowest BCUT2D eigenvalue weighted by molar-refractivity contribution is 0.274. The Bertz CT molecular complexity index is 559. The highest BCUT2D eigenvalue weighted by atomic mass is 35.5. The average Bonchev–Trinajstić information content (AvgIpc) is 2.42. The first kappa shape index (κ1) is 11.4. The number of halogens is 1. The van der Waals surface area contributed by atoms with Gasteiger partial charge in [0.25, 0.3) is 0 Å². The maximum absolute atomic E-state index is 6.11. The first-order valence-electron chi connectivity index (χ1n) is 5.92. The molecular formula is C14H13ClN2O. The number of hydrogen-bond acceptors (Lipinski definition) is 3. The summed E-state index contributed by atoms with van der Waals surface area (Å²) < 4.78 is 5.64. The average molecular weight is 261 g/mol. The summed E-state index contributed by atoms with van der Waals surface area (Å²) in [6.45, 7) is 0.720. The van der Waals surface area contributed by atoms with E-state index < -0.39 is 0 Å². The van der Waals surface area contributed by atoms with E-state index in [0.717, 1.165) is 24.5 Å². The van der Waals surface area contributed by atoms with E-state index in [2.05, 4.69) is 16.4 Å². The van der Waals surface area contributed by atoms with Crippen LogP contribution in [0.15, 0.2) is 42.7 Å². The van der Waals surface area contributed by atoms with E-state index in [0.29, 0.717) is 5.02 Å². The lowest BCUT2D eigenvalue weighted by Crippen LogP contribution is -2.20.